The summed E-state index contributed by atoms with van der Waals surface area (Å²) in [5, 5.41) is 13.5. The van der Waals surface area contributed by atoms with E-state index in [-0.39, 0.29) is 48.7 Å². The molecule has 4 aliphatic rings. The van der Waals surface area contributed by atoms with Gasteiger partial charge in [-0.25, -0.2) is 20.0 Å². The highest BCUT2D eigenvalue weighted by molar-refractivity contribution is 6.33. The third kappa shape index (κ3) is 9.50. The number of carbonyl (C=O) groups excluding carboxylic acids is 3. The molecule has 0 unspecified atom stereocenters. The average Bonchev–Trinajstić information content (AvgIpc) is 3.32. The first-order chi connectivity index (χ1) is 25.8. The van der Waals surface area contributed by atoms with Gasteiger partial charge in [-0.1, -0.05) is 29.8 Å². The number of alkyl halides is 3. The van der Waals surface area contributed by atoms with Gasteiger partial charge in [0.25, 0.3) is 5.91 Å². The molecular formula is C37H47ClF3N7O6. The van der Waals surface area contributed by atoms with Crippen molar-refractivity contribution in [2.24, 2.45) is 11.8 Å². The SMILES string of the molecule is Nc1c(Cl)cc(C[C@@H](OC(=O)N2CCC(N3CCc4ccccc4NC3=O)CC2)C(=O)N2CCC(C3CCN(NCC(=O)O)CC3)CC2)cc1C(F)(F)F. The monoisotopic (exact) mass is 777 g/mol. The van der Waals surface area contributed by atoms with Crippen LogP contribution in [0.4, 0.5) is 34.1 Å². The lowest BCUT2D eigenvalue weighted by molar-refractivity contribution is -0.143. The van der Waals surface area contributed by atoms with Gasteiger partial charge < -0.3 is 35.6 Å². The molecule has 4 amide bonds. The fraction of sp³-hybridized carbons (Fsp3) is 0.568. The lowest BCUT2D eigenvalue weighted by Gasteiger charge is -2.41. The molecule has 17 heteroatoms. The molecule has 0 saturated carbocycles. The van der Waals surface area contributed by atoms with Crippen LogP contribution < -0.4 is 16.5 Å². The molecule has 5 N–H and O–H groups in total. The average molecular weight is 778 g/mol. The number of fused-ring (bicyclic) bond motifs is 1. The van der Waals surface area contributed by atoms with Crippen LogP contribution in [0, 0.1) is 11.8 Å². The van der Waals surface area contributed by atoms with E-state index in [2.05, 4.69) is 10.7 Å². The molecule has 6 rings (SSSR count). The summed E-state index contributed by atoms with van der Waals surface area (Å²) in [6, 6.07) is 9.44. The van der Waals surface area contributed by atoms with Gasteiger partial charge in [-0.15, -0.1) is 0 Å². The molecule has 4 aliphatic heterocycles. The second-order valence-electron chi connectivity index (χ2n) is 14.6. The van der Waals surface area contributed by atoms with Crippen molar-refractivity contribution in [3.05, 3.63) is 58.1 Å². The van der Waals surface area contributed by atoms with Crippen LogP contribution in [0.2, 0.25) is 5.02 Å². The van der Waals surface area contributed by atoms with E-state index in [1.807, 2.05) is 29.3 Å². The first-order valence-electron chi connectivity index (χ1n) is 18.5. The smallest absolute Gasteiger partial charge is 0.418 e. The number of amides is 4. The Morgan fingerprint density at radius 1 is 0.944 bits per heavy atom. The highest BCUT2D eigenvalue weighted by Gasteiger charge is 2.39. The molecule has 294 valence electrons. The number of halogens is 4. The van der Waals surface area contributed by atoms with Crippen LogP contribution in [-0.2, 0) is 33.3 Å². The second-order valence-corrected chi connectivity index (χ2v) is 15.0. The number of carboxylic acid groups (broad SMARTS) is 1. The van der Waals surface area contributed by atoms with Crippen molar-refractivity contribution in [2.75, 3.05) is 63.4 Å². The minimum absolute atomic E-state index is 0.0534. The van der Waals surface area contributed by atoms with Crippen molar-refractivity contribution >= 4 is 47.0 Å². The second kappa shape index (κ2) is 17.0. The van der Waals surface area contributed by atoms with Gasteiger partial charge in [-0.05, 0) is 86.1 Å². The first-order valence-corrected chi connectivity index (χ1v) is 18.9. The van der Waals surface area contributed by atoms with Gasteiger partial charge >= 0.3 is 24.3 Å². The Hall–Kier alpha value is -4.28. The van der Waals surface area contributed by atoms with Crippen molar-refractivity contribution in [3.8, 4) is 0 Å². The van der Waals surface area contributed by atoms with Crippen LogP contribution >= 0.6 is 11.6 Å². The summed E-state index contributed by atoms with van der Waals surface area (Å²) in [6.07, 6.45) is -2.42. The van der Waals surface area contributed by atoms with Crippen LogP contribution in [0.3, 0.4) is 0 Å². The zero-order valence-electron chi connectivity index (χ0n) is 30.0. The van der Waals surface area contributed by atoms with E-state index in [0.717, 1.165) is 43.2 Å². The number of nitrogens with two attached hydrogens (primary N) is 1. The number of likely N-dealkylation sites (tertiary alicyclic amines) is 2. The number of urea groups is 1. The largest absolute Gasteiger partial charge is 0.480 e. The molecule has 0 aromatic heterocycles. The Morgan fingerprint density at radius 2 is 1.57 bits per heavy atom. The van der Waals surface area contributed by atoms with Crippen LogP contribution in [0.5, 0.6) is 0 Å². The minimum atomic E-state index is -4.79. The van der Waals surface area contributed by atoms with Gasteiger partial charge in [0.05, 0.1) is 16.3 Å². The summed E-state index contributed by atoms with van der Waals surface area (Å²) < 4.78 is 47.4. The standard InChI is InChI=1S/C37H47ClF3N7O6/c38-29-20-23(19-28(33(29)42)37(39,40)41)21-31(34(51)45-12-5-24(6-13-45)25-7-16-47(17-8-25)43-22-32(49)50)54-36(53)46-14-10-27(11-15-46)48-18-9-26-3-1-2-4-30(26)44-35(48)52/h1-4,19-20,24-25,27,31,43H,5-18,21-22,42H2,(H,44,52)(H,49,50)/t31-/m1/s1. The van der Waals surface area contributed by atoms with Gasteiger partial charge in [0.15, 0.2) is 6.10 Å². The number of nitrogens with zero attached hydrogens (tertiary/aromatic N) is 4. The van der Waals surface area contributed by atoms with Crippen molar-refractivity contribution in [1.82, 2.24) is 25.1 Å². The van der Waals surface area contributed by atoms with Crippen LogP contribution in [-0.4, -0.2) is 113 Å². The fourth-order valence-corrected chi connectivity index (χ4v) is 8.46. The van der Waals surface area contributed by atoms with Crippen molar-refractivity contribution in [3.63, 3.8) is 0 Å². The lowest BCUT2D eigenvalue weighted by Crippen LogP contribution is -2.52. The molecule has 2 aromatic rings. The molecule has 0 spiro atoms. The molecule has 0 radical (unpaired) electrons. The highest BCUT2D eigenvalue weighted by atomic mass is 35.5. The predicted octanol–water partition coefficient (Wildman–Crippen LogP) is 5.08. The topological polar surface area (TPSA) is 161 Å². The maximum Gasteiger partial charge on any atom is 0.418 e. The Bertz CT molecular complexity index is 1690. The number of nitrogens with one attached hydrogen (secondary N) is 2. The number of hydrazine groups is 1. The number of ether oxygens (including phenoxy) is 1. The summed E-state index contributed by atoms with van der Waals surface area (Å²) >= 11 is 6.12. The van der Waals surface area contributed by atoms with Gasteiger partial charge in [0, 0.05) is 64.0 Å². The fourth-order valence-electron chi connectivity index (χ4n) is 8.22. The third-order valence-corrected chi connectivity index (χ3v) is 11.6. The number of para-hydroxylation sites is 1. The summed E-state index contributed by atoms with van der Waals surface area (Å²) in [4.78, 5) is 56.6. The van der Waals surface area contributed by atoms with E-state index in [4.69, 9.17) is 27.2 Å². The zero-order chi connectivity index (χ0) is 38.6. The maximum atomic E-state index is 14.1. The Labute approximate surface area is 316 Å². The summed E-state index contributed by atoms with van der Waals surface area (Å²) in [6.45, 7) is 3.16. The summed E-state index contributed by atoms with van der Waals surface area (Å²) in [5.74, 6) is -0.654. The van der Waals surface area contributed by atoms with Crippen LogP contribution in [0.1, 0.15) is 55.2 Å². The maximum absolute atomic E-state index is 14.1. The Morgan fingerprint density at radius 3 is 2.22 bits per heavy atom. The number of aliphatic carboxylic acids is 1. The number of nitrogen functional groups attached to an aromatic ring is 1. The minimum Gasteiger partial charge on any atom is -0.480 e. The number of piperidine rings is 3. The first kappa shape index (κ1) is 39.4. The summed E-state index contributed by atoms with van der Waals surface area (Å²) in [5.41, 5.74) is 8.71. The number of carboxylic acids is 1. The molecule has 0 bridgehead atoms. The molecule has 4 heterocycles. The Balaban J connectivity index is 1.09. The van der Waals surface area contributed by atoms with Gasteiger partial charge in [-0.2, -0.15) is 13.2 Å². The number of rotatable bonds is 9. The van der Waals surface area contributed by atoms with E-state index in [9.17, 15) is 32.3 Å². The van der Waals surface area contributed by atoms with Gasteiger partial charge in [0.2, 0.25) is 0 Å². The third-order valence-electron chi connectivity index (χ3n) is 11.3. The van der Waals surface area contributed by atoms with Gasteiger partial charge in [0.1, 0.15) is 6.54 Å². The van der Waals surface area contributed by atoms with E-state index in [1.165, 1.54) is 11.0 Å². The summed E-state index contributed by atoms with van der Waals surface area (Å²) in [7, 11) is 0. The highest BCUT2D eigenvalue weighted by Crippen LogP contribution is 2.39. The number of benzene rings is 2. The lowest BCUT2D eigenvalue weighted by atomic mass is 9.79. The molecular weight excluding hydrogens is 731 g/mol. The molecule has 1 atom stereocenters. The number of hydrogen-bond acceptors (Lipinski definition) is 8. The van der Waals surface area contributed by atoms with E-state index < -0.39 is 41.5 Å². The predicted molar refractivity (Wildman–Crippen MR) is 195 cm³/mol. The molecule has 54 heavy (non-hydrogen) atoms. The normalized spacial score (nSPS) is 20.2. The van der Waals surface area contributed by atoms with Crippen molar-refractivity contribution in [1.29, 1.82) is 0 Å². The zero-order valence-corrected chi connectivity index (χ0v) is 30.7. The molecule has 0 aliphatic carbocycles. The number of hydrogen-bond donors (Lipinski definition) is 4. The van der Waals surface area contributed by atoms with E-state index >= 15 is 0 Å². The van der Waals surface area contributed by atoms with Crippen molar-refractivity contribution < 1.29 is 42.2 Å². The number of anilines is 2. The molecule has 13 nitrogen and oxygen atoms in total. The van der Waals surface area contributed by atoms with E-state index in [0.29, 0.717) is 63.6 Å². The van der Waals surface area contributed by atoms with E-state index in [1.54, 1.807) is 9.80 Å². The quantitative estimate of drug-likeness (QED) is 0.255. The molecule has 2 aromatic carbocycles. The van der Waals surface area contributed by atoms with Crippen LogP contribution in [0.15, 0.2) is 36.4 Å². The number of carbonyl (C=O) groups is 4. The van der Waals surface area contributed by atoms with Crippen LogP contribution in [0.25, 0.3) is 0 Å². The molecule has 3 fully saturated rings. The van der Waals surface area contributed by atoms with Crippen molar-refractivity contribution in [2.45, 2.75) is 69.7 Å². The van der Waals surface area contributed by atoms with Gasteiger partial charge in [-0.3, -0.25) is 9.59 Å². The molecule has 3 saturated heterocycles. The Kier molecular flexibility index (Phi) is 12.4.